The standard InChI is InChI=1S/C21H27N5O3/c1-3-28-21(27)25-11-4-5-16(9-12-25)24-18-8-10-22-20-19(18)23-14-26(20)13-17-7-6-15(2)29-17/h6-8,10,14,16H,3-5,9,11-13H2,1-2H3,(H,22,24). The van der Waals surface area contributed by atoms with Gasteiger partial charge in [0, 0.05) is 25.3 Å². The van der Waals surface area contributed by atoms with Crippen LogP contribution < -0.4 is 5.32 Å². The predicted octanol–water partition coefficient (Wildman–Crippen LogP) is 3.80. The molecule has 29 heavy (non-hydrogen) atoms. The molecule has 1 aliphatic rings. The van der Waals surface area contributed by atoms with Gasteiger partial charge in [-0.05, 0) is 51.3 Å². The number of fused-ring (bicyclic) bond motifs is 1. The molecule has 0 radical (unpaired) electrons. The highest BCUT2D eigenvalue weighted by atomic mass is 16.6. The SMILES string of the molecule is CCOC(=O)N1CCCC(Nc2ccnc3c2ncn3Cc2ccc(C)o2)CC1. The van der Waals surface area contributed by atoms with Gasteiger partial charge < -0.3 is 23.9 Å². The molecule has 0 bridgehead atoms. The molecule has 1 atom stereocenters. The molecule has 3 aromatic rings. The summed E-state index contributed by atoms with van der Waals surface area (Å²) in [5, 5.41) is 3.62. The second-order valence-corrected chi connectivity index (χ2v) is 7.37. The number of carbonyl (C=O) groups excluding carboxylic acids is 1. The minimum absolute atomic E-state index is 0.216. The second kappa shape index (κ2) is 8.55. The Balaban J connectivity index is 1.46. The van der Waals surface area contributed by atoms with E-state index in [2.05, 4.69) is 15.3 Å². The van der Waals surface area contributed by atoms with Crippen LogP contribution in [0, 0.1) is 6.92 Å². The summed E-state index contributed by atoms with van der Waals surface area (Å²) in [7, 11) is 0. The number of hydrogen-bond donors (Lipinski definition) is 1. The van der Waals surface area contributed by atoms with Crippen molar-refractivity contribution in [1.29, 1.82) is 0 Å². The quantitative estimate of drug-likeness (QED) is 0.705. The first-order valence-electron chi connectivity index (χ1n) is 10.2. The molecule has 1 saturated heterocycles. The van der Waals surface area contributed by atoms with Crippen LogP contribution in [0.5, 0.6) is 0 Å². The van der Waals surface area contributed by atoms with E-state index in [0.29, 0.717) is 19.7 Å². The Morgan fingerprint density at radius 3 is 2.97 bits per heavy atom. The lowest BCUT2D eigenvalue weighted by molar-refractivity contribution is 0.108. The molecular formula is C21H27N5O3. The number of furan rings is 1. The average molecular weight is 397 g/mol. The van der Waals surface area contributed by atoms with Crippen LogP contribution in [0.4, 0.5) is 10.5 Å². The number of aryl methyl sites for hydroxylation is 1. The van der Waals surface area contributed by atoms with Gasteiger partial charge in [0.2, 0.25) is 0 Å². The maximum Gasteiger partial charge on any atom is 0.409 e. The average Bonchev–Trinajstić information content (AvgIpc) is 3.23. The summed E-state index contributed by atoms with van der Waals surface area (Å²) < 4.78 is 12.8. The van der Waals surface area contributed by atoms with Gasteiger partial charge in [-0.2, -0.15) is 0 Å². The van der Waals surface area contributed by atoms with Crippen molar-refractivity contribution in [2.24, 2.45) is 0 Å². The zero-order valence-electron chi connectivity index (χ0n) is 16.9. The van der Waals surface area contributed by atoms with E-state index < -0.39 is 0 Å². The Morgan fingerprint density at radius 2 is 2.17 bits per heavy atom. The summed E-state index contributed by atoms with van der Waals surface area (Å²) in [6.45, 7) is 6.20. The highest BCUT2D eigenvalue weighted by Crippen LogP contribution is 2.24. The van der Waals surface area contributed by atoms with Gasteiger partial charge in [-0.25, -0.2) is 14.8 Å². The van der Waals surface area contributed by atoms with Gasteiger partial charge in [0.1, 0.15) is 17.0 Å². The van der Waals surface area contributed by atoms with Crippen LogP contribution in [-0.2, 0) is 11.3 Å². The van der Waals surface area contributed by atoms with E-state index in [1.54, 1.807) is 17.4 Å². The van der Waals surface area contributed by atoms with Crippen LogP contribution in [0.2, 0.25) is 0 Å². The Morgan fingerprint density at radius 1 is 1.28 bits per heavy atom. The maximum atomic E-state index is 12.0. The predicted molar refractivity (Wildman–Crippen MR) is 110 cm³/mol. The third kappa shape index (κ3) is 4.36. The van der Waals surface area contributed by atoms with Gasteiger partial charge in [-0.3, -0.25) is 0 Å². The summed E-state index contributed by atoms with van der Waals surface area (Å²) in [4.78, 5) is 22.9. The molecule has 1 unspecified atom stereocenters. The number of amides is 1. The van der Waals surface area contributed by atoms with Crippen molar-refractivity contribution in [1.82, 2.24) is 19.4 Å². The van der Waals surface area contributed by atoms with Gasteiger partial charge in [0.25, 0.3) is 0 Å². The Kier molecular flexibility index (Phi) is 5.69. The Hall–Kier alpha value is -3.03. The fourth-order valence-corrected chi connectivity index (χ4v) is 3.79. The number of hydrogen-bond acceptors (Lipinski definition) is 6. The van der Waals surface area contributed by atoms with Crippen LogP contribution >= 0.6 is 0 Å². The molecule has 0 spiro atoms. The number of aromatic nitrogens is 3. The number of ether oxygens (including phenoxy) is 1. The highest BCUT2D eigenvalue weighted by molar-refractivity contribution is 5.85. The molecule has 1 N–H and O–H groups in total. The van der Waals surface area contributed by atoms with E-state index in [4.69, 9.17) is 9.15 Å². The zero-order chi connectivity index (χ0) is 20.2. The maximum absolute atomic E-state index is 12.0. The number of carbonyl (C=O) groups is 1. The van der Waals surface area contributed by atoms with E-state index >= 15 is 0 Å². The molecule has 1 fully saturated rings. The first kappa shape index (κ1) is 19.3. The van der Waals surface area contributed by atoms with Crippen LogP contribution in [-0.4, -0.2) is 51.3 Å². The van der Waals surface area contributed by atoms with Gasteiger partial charge in [0.15, 0.2) is 5.65 Å². The molecule has 1 amide bonds. The van der Waals surface area contributed by atoms with Crippen LogP contribution in [0.25, 0.3) is 11.2 Å². The molecule has 0 aliphatic carbocycles. The fraction of sp³-hybridized carbons (Fsp3) is 0.476. The smallest absolute Gasteiger partial charge is 0.409 e. The van der Waals surface area contributed by atoms with Crippen molar-refractivity contribution < 1.29 is 13.9 Å². The van der Waals surface area contributed by atoms with Gasteiger partial charge in [-0.15, -0.1) is 0 Å². The minimum atomic E-state index is -0.216. The van der Waals surface area contributed by atoms with Crippen molar-refractivity contribution in [3.05, 3.63) is 42.2 Å². The van der Waals surface area contributed by atoms with Gasteiger partial charge in [-0.1, -0.05) is 0 Å². The minimum Gasteiger partial charge on any atom is -0.464 e. The number of anilines is 1. The summed E-state index contributed by atoms with van der Waals surface area (Å²) in [6, 6.07) is 6.17. The third-order valence-corrected chi connectivity index (χ3v) is 5.24. The molecule has 4 rings (SSSR count). The van der Waals surface area contributed by atoms with Crippen molar-refractivity contribution in [3.63, 3.8) is 0 Å². The number of nitrogens with one attached hydrogen (secondary N) is 1. The highest BCUT2D eigenvalue weighted by Gasteiger charge is 2.22. The lowest BCUT2D eigenvalue weighted by atomic mass is 10.1. The number of imidazole rings is 1. The van der Waals surface area contributed by atoms with Crippen molar-refractivity contribution in [2.75, 3.05) is 25.0 Å². The van der Waals surface area contributed by atoms with Gasteiger partial charge in [0.05, 0.1) is 25.2 Å². The van der Waals surface area contributed by atoms with Crippen molar-refractivity contribution in [2.45, 2.75) is 45.7 Å². The van der Waals surface area contributed by atoms with Crippen molar-refractivity contribution >= 4 is 22.9 Å². The lowest BCUT2D eigenvalue weighted by Gasteiger charge is -2.20. The molecule has 0 saturated carbocycles. The van der Waals surface area contributed by atoms with Crippen LogP contribution in [0.3, 0.4) is 0 Å². The van der Waals surface area contributed by atoms with Crippen molar-refractivity contribution in [3.8, 4) is 0 Å². The first-order chi connectivity index (χ1) is 14.1. The molecule has 3 aromatic heterocycles. The first-order valence-corrected chi connectivity index (χ1v) is 10.2. The second-order valence-electron chi connectivity index (χ2n) is 7.37. The fourth-order valence-electron chi connectivity index (χ4n) is 3.79. The zero-order valence-corrected chi connectivity index (χ0v) is 16.9. The summed E-state index contributed by atoms with van der Waals surface area (Å²) in [5.74, 6) is 1.77. The van der Waals surface area contributed by atoms with E-state index in [9.17, 15) is 4.79 Å². The number of nitrogens with zero attached hydrogens (tertiary/aromatic N) is 4. The van der Waals surface area contributed by atoms with Gasteiger partial charge >= 0.3 is 6.09 Å². The molecule has 154 valence electrons. The molecule has 4 heterocycles. The number of likely N-dealkylation sites (tertiary alicyclic amines) is 1. The molecule has 1 aliphatic heterocycles. The number of rotatable bonds is 5. The summed E-state index contributed by atoms with van der Waals surface area (Å²) in [5.41, 5.74) is 2.65. The van der Waals surface area contributed by atoms with E-state index in [1.165, 1.54) is 0 Å². The summed E-state index contributed by atoms with van der Waals surface area (Å²) in [6.07, 6.45) is 6.19. The largest absolute Gasteiger partial charge is 0.464 e. The number of pyridine rings is 1. The van der Waals surface area contributed by atoms with E-state index in [1.807, 2.05) is 36.6 Å². The normalized spacial score (nSPS) is 17.3. The molecule has 8 heteroatoms. The van der Waals surface area contributed by atoms with E-state index in [0.717, 1.165) is 54.2 Å². The molecule has 0 aromatic carbocycles. The lowest BCUT2D eigenvalue weighted by Crippen LogP contribution is -2.33. The monoisotopic (exact) mass is 397 g/mol. The van der Waals surface area contributed by atoms with Crippen LogP contribution in [0.15, 0.2) is 35.1 Å². The summed E-state index contributed by atoms with van der Waals surface area (Å²) >= 11 is 0. The van der Waals surface area contributed by atoms with Crippen LogP contribution in [0.1, 0.15) is 37.7 Å². The molecular weight excluding hydrogens is 370 g/mol. The topological polar surface area (TPSA) is 85.4 Å². The van der Waals surface area contributed by atoms with E-state index in [-0.39, 0.29) is 12.1 Å². The Bertz CT molecular complexity index is 980. The Labute approximate surface area is 169 Å². The molecule has 8 nitrogen and oxygen atoms in total. The third-order valence-electron chi connectivity index (χ3n) is 5.24.